The van der Waals surface area contributed by atoms with Gasteiger partial charge in [0.2, 0.25) is 5.91 Å². The molecule has 28 heavy (non-hydrogen) atoms. The highest BCUT2D eigenvalue weighted by atomic mass is 35.5. The summed E-state index contributed by atoms with van der Waals surface area (Å²) in [4.78, 5) is 12.1. The fourth-order valence-electron chi connectivity index (χ4n) is 2.56. The predicted octanol–water partition coefficient (Wildman–Crippen LogP) is 6.02. The van der Waals surface area contributed by atoms with E-state index in [0.717, 1.165) is 16.8 Å². The fraction of sp³-hybridized carbons (Fsp3) is 0.0870. The number of carbonyl (C=O) groups excluding carboxylic acids is 1. The van der Waals surface area contributed by atoms with E-state index in [1.165, 1.54) is 12.1 Å². The normalized spacial score (nSPS) is 10.8. The first-order chi connectivity index (χ1) is 13.5. The van der Waals surface area contributed by atoms with Crippen LogP contribution in [0.25, 0.3) is 6.08 Å². The first kappa shape index (κ1) is 19.6. The number of para-hydroxylation sites is 1. The quantitative estimate of drug-likeness (QED) is 0.518. The van der Waals surface area contributed by atoms with E-state index in [-0.39, 0.29) is 12.5 Å². The van der Waals surface area contributed by atoms with Crippen molar-refractivity contribution in [3.63, 3.8) is 0 Å². The third-order valence-electron chi connectivity index (χ3n) is 4.16. The van der Waals surface area contributed by atoms with Crippen molar-refractivity contribution in [2.45, 2.75) is 13.5 Å². The summed E-state index contributed by atoms with van der Waals surface area (Å²) in [7, 11) is 0. The van der Waals surface area contributed by atoms with Gasteiger partial charge in [0.05, 0.1) is 5.02 Å². The fourth-order valence-corrected chi connectivity index (χ4v) is 2.78. The Morgan fingerprint density at radius 2 is 1.82 bits per heavy atom. The van der Waals surface area contributed by atoms with Crippen molar-refractivity contribution in [2.75, 3.05) is 5.32 Å². The number of carbonyl (C=O) groups is 1. The molecule has 3 rings (SSSR count). The van der Waals surface area contributed by atoms with Crippen molar-refractivity contribution in [3.8, 4) is 5.75 Å². The summed E-state index contributed by atoms with van der Waals surface area (Å²) >= 11 is 5.99. The van der Waals surface area contributed by atoms with E-state index in [4.69, 9.17) is 16.3 Å². The van der Waals surface area contributed by atoms with Crippen LogP contribution < -0.4 is 10.1 Å². The summed E-state index contributed by atoms with van der Waals surface area (Å²) in [5.74, 6) is -0.0172. The van der Waals surface area contributed by atoms with Crippen molar-refractivity contribution in [1.82, 2.24) is 0 Å². The Balaban J connectivity index is 1.57. The van der Waals surface area contributed by atoms with Gasteiger partial charge in [-0.1, -0.05) is 48.0 Å². The standard InChI is InChI=1S/C23H19ClFNO2/c1-16-5-2-3-8-22(16)26-23(27)14-11-17-9-12-18(13-10-17)28-15-19-20(24)6-4-7-21(19)25/h2-14H,15H2,1H3,(H,26,27)/b14-11+. The van der Waals surface area contributed by atoms with Crippen molar-refractivity contribution >= 4 is 29.3 Å². The van der Waals surface area contributed by atoms with Crippen LogP contribution >= 0.6 is 11.6 Å². The minimum atomic E-state index is -0.397. The number of halogens is 2. The Bertz CT molecular complexity index is 979. The number of ether oxygens (including phenoxy) is 1. The first-order valence-corrected chi connectivity index (χ1v) is 9.11. The molecule has 0 heterocycles. The summed E-state index contributed by atoms with van der Waals surface area (Å²) in [6, 6.07) is 19.3. The van der Waals surface area contributed by atoms with Gasteiger partial charge in [0.15, 0.2) is 0 Å². The van der Waals surface area contributed by atoms with Crippen LogP contribution in [0.4, 0.5) is 10.1 Å². The molecule has 0 aliphatic heterocycles. The van der Waals surface area contributed by atoms with E-state index < -0.39 is 5.82 Å². The molecule has 0 saturated carbocycles. The highest BCUT2D eigenvalue weighted by molar-refractivity contribution is 6.31. The number of rotatable bonds is 6. The molecule has 0 fully saturated rings. The van der Waals surface area contributed by atoms with Crippen LogP contribution in [-0.4, -0.2) is 5.91 Å². The molecule has 0 aromatic heterocycles. The van der Waals surface area contributed by atoms with Gasteiger partial charge >= 0.3 is 0 Å². The van der Waals surface area contributed by atoms with Gasteiger partial charge < -0.3 is 10.1 Å². The largest absolute Gasteiger partial charge is 0.489 e. The average molecular weight is 396 g/mol. The van der Waals surface area contributed by atoms with E-state index >= 15 is 0 Å². The molecule has 0 unspecified atom stereocenters. The zero-order chi connectivity index (χ0) is 19.9. The van der Waals surface area contributed by atoms with Gasteiger partial charge in [0, 0.05) is 17.3 Å². The number of aryl methyl sites for hydroxylation is 1. The third-order valence-corrected chi connectivity index (χ3v) is 4.51. The maximum Gasteiger partial charge on any atom is 0.248 e. The predicted molar refractivity (Wildman–Crippen MR) is 111 cm³/mol. The summed E-state index contributed by atoms with van der Waals surface area (Å²) in [5.41, 5.74) is 2.95. The second kappa shape index (κ2) is 9.20. The number of nitrogens with one attached hydrogen (secondary N) is 1. The number of benzene rings is 3. The van der Waals surface area contributed by atoms with Crippen molar-refractivity contribution in [2.24, 2.45) is 0 Å². The molecule has 142 valence electrons. The minimum absolute atomic E-state index is 0.0412. The molecule has 0 saturated heterocycles. The summed E-state index contributed by atoms with van der Waals surface area (Å²) in [6.07, 6.45) is 3.19. The van der Waals surface area contributed by atoms with Crippen LogP contribution in [0.1, 0.15) is 16.7 Å². The van der Waals surface area contributed by atoms with Crippen molar-refractivity contribution in [3.05, 3.63) is 100 Å². The van der Waals surface area contributed by atoms with Crippen LogP contribution in [-0.2, 0) is 11.4 Å². The molecule has 0 aliphatic carbocycles. The second-order valence-corrected chi connectivity index (χ2v) is 6.60. The summed E-state index contributed by atoms with van der Waals surface area (Å²) in [5, 5.41) is 3.18. The second-order valence-electron chi connectivity index (χ2n) is 6.20. The lowest BCUT2D eigenvalue weighted by atomic mass is 10.2. The Labute approximate surface area is 168 Å². The van der Waals surface area contributed by atoms with Crippen molar-refractivity contribution in [1.29, 1.82) is 0 Å². The molecule has 0 bridgehead atoms. The highest BCUT2D eigenvalue weighted by Crippen LogP contribution is 2.22. The summed E-state index contributed by atoms with van der Waals surface area (Å²) < 4.78 is 19.4. The van der Waals surface area contributed by atoms with Gasteiger partial charge in [-0.25, -0.2) is 4.39 Å². The molecule has 0 radical (unpaired) electrons. The number of amides is 1. The van der Waals surface area contributed by atoms with Gasteiger partial charge in [-0.05, 0) is 54.5 Å². The number of anilines is 1. The van der Waals surface area contributed by atoms with E-state index in [9.17, 15) is 9.18 Å². The average Bonchev–Trinajstić information content (AvgIpc) is 2.69. The molecule has 1 N–H and O–H groups in total. The molecule has 3 nitrogen and oxygen atoms in total. The van der Waals surface area contributed by atoms with Gasteiger partial charge in [-0.15, -0.1) is 0 Å². The van der Waals surface area contributed by atoms with Crippen LogP contribution in [0.15, 0.2) is 72.8 Å². The van der Waals surface area contributed by atoms with Crippen LogP contribution in [0.3, 0.4) is 0 Å². The Morgan fingerprint density at radius 3 is 2.54 bits per heavy atom. The lowest BCUT2D eigenvalue weighted by molar-refractivity contribution is -0.111. The van der Waals surface area contributed by atoms with Crippen LogP contribution in [0.2, 0.25) is 5.02 Å². The maximum atomic E-state index is 13.8. The van der Waals surface area contributed by atoms with Gasteiger partial charge in [-0.2, -0.15) is 0 Å². The van der Waals surface area contributed by atoms with Gasteiger partial charge in [0.25, 0.3) is 0 Å². The van der Waals surface area contributed by atoms with E-state index in [0.29, 0.717) is 16.3 Å². The lowest BCUT2D eigenvalue weighted by Crippen LogP contribution is -2.08. The van der Waals surface area contributed by atoms with Gasteiger partial charge in [-0.3, -0.25) is 4.79 Å². The Kier molecular flexibility index (Phi) is 6.45. The zero-order valence-electron chi connectivity index (χ0n) is 15.3. The van der Waals surface area contributed by atoms with E-state index in [1.807, 2.05) is 43.3 Å². The Hall–Kier alpha value is -3.11. The van der Waals surface area contributed by atoms with E-state index in [1.54, 1.807) is 30.3 Å². The van der Waals surface area contributed by atoms with Crippen molar-refractivity contribution < 1.29 is 13.9 Å². The number of hydrogen-bond acceptors (Lipinski definition) is 2. The lowest BCUT2D eigenvalue weighted by Gasteiger charge is -2.09. The van der Waals surface area contributed by atoms with E-state index in [2.05, 4.69) is 5.32 Å². The molecular weight excluding hydrogens is 377 g/mol. The molecule has 0 aliphatic rings. The molecule has 1 amide bonds. The topological polar surface area (TPSA) is 38.3 Å². The molecule has 3 aromatic rings. The molecule has 5 heteroatoms. The smallest absolute Gasteiger partial charge is 0.248 e. The van der Waals surface area contributed by atoms with Crippen LogP contribution in [0.5, 0.6) is 5.75 Å². The molecule has 3 aromatic carbocycles. The highest BCUT2D eigenvalue weighted by Gasteiger charge is 2.07. The monoisotopic (exact) mass is 395 g/mol. The molecule has 0 spiro atoms. The Morgan fingerprint density at radius 1 is 1.07 bits per heavy atom. The SMILES string of the molecule is Cc1ccccc1NC(=O)/C=C/c1ccc(OCc2c(F)cccc2Cl)cc1. The maximum absolute atomic E-state index is 13.8. The number of hydrogen-bond donors (Lipinski definition) is 1. The molecular formula is C23H19ClFNO2. The summed E-state index contributed by atoms with van der Waals surface area (Å²) in [6.45, 7) is 1.98. The molecule has 0 atom stereocenters. The van der Waals surface area contributed by atoms with Crippen LogP contribution in [0, 0.1) is 12.7 Å². The minimum Gasteiger partial charge on any atom is -0.489 e. The zero-order valence-corrected chi connectivity index (χ0v) is 16.0. The van der Waals surface area contributed by atoms with Gasteiger partial charge in [0.1, 0.15) is 18.2 Å². The first-order valence-electron chi connectivity index (χ1n) is 8.73. The third kappa shape index (κ3) is 5.21.